The number of amides is 1. The number of nitrogens with one attached hydrogen (secondary N) is 2. The molecule has 0 bridgehead atoms. The molecule has 0 unspecified atom stereocenters. The quantitative estimate of drug-likeness (QED) is 0.662. The standard InChI is InChI=1S/C23H25N5O3/c1-2-28-20-19(22(30)26-23(28)31)17(13-18(25-20)14-8-9-14)21(29)24-15-6-5-7-16(12-15)27-10-3-4-11-27/h5-7,12-14H,2-4,8-11H2,1H3,(H,24,29)(H,26,30,31). The zero-order valence-corrected chi connectivity index (χ0v) is 17.5. The van der Waals surface area contributed by atoms with Gasteiger partial charge in [0.1, 0.15) is 0 Å². The number of carbonyl (C=O) groups excluding carboxylic acids is 1. The second-order valence-electron chi connectivity index (χ2n) is 8.27. The van der Waals surface area contributed by atoms with Crippen molar-refractivity contribution in [1.82, 2.24) is 14.5 Å². The molecule has 2 N–H and O–H groups in total. The Bertz CT molecular complexity index is 1280. The SMILES string of the molecule is CCn1c(=O)[nH]c(=O)c2c(C(=O)Nc3cccc(N4CCCC4)c3)cc(C3CC3)nc21. The van der Waals surface area contributed by atoms with Gasteiger partial charge in [0.15, 0.2) is 5.65 Å². The first-order valence-electron chi connectivity index (χ1n) is 10.9. The molecule has 8 nitrogen and oxygen atoms in total. The van der Waals surface area contributed by atoms with Crippen LogP contribution in [-0.4, -0.2) is 33.5 Å². The summed E-state index contributed by atoms with van der Waals surface area (Å²) in [7, 11) is 0. The maximum absolute atomic E-state index is 13.3. The van der Waals surface area contributed by atoms with Crippen molar-refractivity contribution < 1.29 is 4.79 Å². The van der Waals surface area contributed by atoms with E-state index < -0.39 is 11.2 Å². The molecule has 31 heavy (non-hydrogen) atoms. The highest BCUT2D eigenvalue weighted by atomic mass is 16.2. The molecule has 160 valence electrons. The number of aromatic amines is 1. The molecule has 5 rings (SSSR count). The Morgan fingerprint density at radius 1 is 1.19 bits per heavy atom. The van der Waals surface area contributed by atoms with Gasteiger partial charge in [-0.2, -0.15) is 0 Å². The fourth-order valence-corrected chi connectivity index (χ4v) is 4.31. The van der Waals surface area contributed by atoms with Crippen molar-refractivity contribution >= 4 is 28.3 Å². The average Bonchev–Trinajstić information content (AvgIpc) is 3.47. The number of pyridine rings is 1. The van der Waals surface area contributed by atoms with Crippen molar-refractivity contribution in [2.75, 3.05) is 23.3 Å². The van der Waals surface area contributed by atoms with Crippen molar-refractivity contribution in [1.29, 1.82) is 0 Å². The largest absolute Gasteiger partial charge is 0.371 e. The molecule has 0 radical (unpaired) electrons. The smallest absolute Gasteiger partial charge is 0.329 e. The number of fused-ring (bicyclic) bond motifs is 1. The summed E-state index contributed by atoms with van der Waals surface area (Å²) in [5.74, 6) is -0.103. The molecule has 3 aromatic rings. The van der Waals surface area contributed by atoms with Gasteiger partial charge in [-0.3, -0.25) is 19.1 Å². The number of benzene rings is 1. The van der Waals surface area contributed by atoms with Crippen molar-refractivity contribution in [3.63, 3.8) is 0 Å². The molecule has 1 aliphatic carbocycles. The van der Waals surface area contributed by atoms with E-state index in [9.17, 15) is 14.4 Å². The Labute approximate surface area is 178 Å². The normalized spacial score (nSPS) is 16.1. The van der Waals surface area contributed by atoms with Gasteiger partial charge in [-0.05, 0) is 56.9 Å². The number of H-pyrrole nitrogens is 1. The topological polar surface area (TPSA) is 100 Å². The van der Waals surface area contributed by atoms with E-state index in [-0.39, 0.29) is 28.4 Å². The van der Waals surface area contributed by atoms with Crippen molar-refractivity contribution in [3.8, 4) is 0 Å². The summed E-state index contributed by atoms with van der Waals surface area (Å²) >= 11 is 0. The van der Waals surface area contributed by atoms with Crippen LogP contribution in [-0.2, 0) is 6.54 Å². The fraction of sp³-hybridized carbons (Fsp3) is 0.391. The highest BCUT2D eigenvalue weighted by Gasteiger charge is 2.28. The van der Waals surface area contributed by atoms with Gasteiger partial charge in [0, 0.05) is 42.6 Å². The maximum Gasteiger partial charge on any atom is 0.329 e. The molecule has 2 aliphatic rings. The first-order chi connectivity index (χ1) is 15.0. The number of rotatable bonds is 5. The van der Waals surface area contributed by atoms with E-state index in [4.69, 9.17) is 0 Å². The summed E-state index contributed by atoms with van der Waals surface area (Å²) in [6.07, 6.45) is 4.34. The highest BCUT2D eigenvalue weighted by Crippen LogP contribution is 2.40. The summed E-state index contributed by atoms with van der Waals surface area (Å²) in [5, 5.41) is 3.10. The third-order valence-electron chi connectivity index (χ3n) is 6.10. The summed E-state index contributed by atoms with van der Waals surface area (Å²) in [4.78, 5) is 47.5. The Kier molecular flexibility index (Phi) is 4.84. The number of hydrogen-bond acceptors (Lipinski definition) is 5. The van der Waals surface area contributed by atoms with Gasteiger partial charge in [0.25, 0.3) is 11.5 Å². The molecule has 3 heterocycles. The van der Waals surface area contributed by atoms with Gasteiger partial charge in [0.2, 0.25) is 0 Å². The first kappa shape index (κ1) is 19.5. The Morgan fingerprint density at radius 3 is 2.68 bits per heavy atom. The molecule has 0 atom stereocenters. The summed E-state index contributed by atoms with van der Waals surface area (Å²) in [6.45, 7) is 4.20. The van der Waals surface area contributed by atoms with E-state index in [0.29, 0.717) is 12.2 Å². The van der Waals surface area contributed by atoms with Crippen molar-refractivity contribution in [2.45, 2.75) is 45.1 Å². The molecular formula is C23H25N5O3. The minimum Gasteiger partial charge on any atom is -0.371 e. The van der Waals surface area contributed by atoms with Crippen LogP contribution in [0.25, 0.3) is 11.0 Å². The molecule has 1 aromatic carbocycles. The predicted molar refractivity (Wildman–Crippen MR) is 120 cm³/mol. The number of carbonyl (C=O) groups is 1. The molecule has 1 aliphatic heterocycles. The number of anilines is 2. The zero-order valence-electron chi connectivity index (χ0n) is 17.5. The summed E-state index contributed by atoms with van der Waals surface area (Å²) in [5.41, 5.74) is 1.94. The van der Waals surface area contributed by atoms with Crippen LogP contribution in [0.15, 0.2) is 39.9 Å². The third kappa shape index (κ3) is 3.62. The second kappa shape index (κ2) is 7.68. The predicted octanol–water partition coefficient (Wildman–Crippen LogP) is 2.83. The van der Waals surface area contributed by atoms with Crippen molar-refractivity contribution in [2.24, 2.45) is 0 Å². The highest BCUT2D eigenvalue weighted by molar-refractivity contribution is 6.12. The lowest BCUT2D eigenvalue weighted by Gasteiger charge is -2.18. The molecule has 1 saturated carbocycles. The van der Waals surface area contributed by atoms with Crippen LogP contribution in [0.4, 0.5) is 11.4 Å². The van der Waals surface area contributed by atoms with Gasteiger partial charge >= 0.3 is 5.69 Å². The Balaban J connectivity index is 1.58. The van der Waals surface area contributed by atoms with Crippen LogP contribution in [0.3, 0.4) is 0 Å². The summed E-state index contributed by atoms with van der Waals surface area (Å²) < 4.78 is 1.41. The van der Waals surface area contributed by atoms with Crippen LogP contribution in [0.1, 0.15) is 54.6 Å². The Hall–Kier alpha value is -3.42. The molecular weight excluding hydrogens is 394 g/mol. The van der Waals surface area contributed by atoms with Crippen LogP contribution in [0, 0.1) is 0 Å². The number of hydrogen-bond donors (Lipinski definition) is 2. The van der Waals surface area contributed by atoms with E-state index >= 15 is 0 Å². The minimum atomic E-state index is -0.587. The summed E-state index contributed by atoms with van der Waals surface area (Å²) in [6, 6.07) is 9.47. The van der Waals surface area contributed by atoms with Gasteiger partial charge in [-0.25, -0.2) is 9.78 Å². The zero-order chi connectivity index (χ0) is 21.5. The van der Waals surface area contributed by atoms with E-state index in [1.807, 2.05) is 31.2 Å². The Morgan fingerprint density at radius 2 is 1.97 bits per heavy atom. The molecule has 2 aromatic heterocycles. The number of aromatic nitrogens is 3. The fourth-order valence-electron chi connectivity index (χ4n) is 4.31. The lowest BCUT2D eigenvalue weighted by Crippen LogP contribution is -2.32. The molecule has 8 heteroatoms. The van der Waals surface area contributed by atoms with Crippen molar-refractivity contribution in [3.05, 3.63) is 62.4 Å². The maximum atomic E-state index is 13.3. The van der Waals surface area contributed by atoms with Gasteiger partial charge in [-0.15, -0.1) is 0 Å². The van der Waals surface area contributed by atoms with Crippen LogP contribution in [0.2, 0.25) is 0 Å². The van der Waals surface area contributed by atoms with Gasteiger partial charge in [0.05, 0.1) is 10.9 Å². The number of aryl methyl sites for hydroxylation is 1. The molecule has 2 fully saturated rings. The van der Waals surface area contributed by atoms with Crippen LogP contribution in [0.5, 0.6) is 0 Å². The monoisotopic (exact) mass is 419 g/mol. The van der Waals surface area contributed by atoms with Crippen LogP contribution >= 0.6 is 0 Å². The third-order valence-corrected chi connectivity index (χ3v) is 6.10. The molecule has 1 saturated heterocycles. The molecule has 1 amide bonds. The van der Waals surface area contributed by atoms with Crippen LogP contribution < -0.4 is 21.5 Å². The van der Waals surface area contributed by atoms with E-state index in [1.165, 1.54) is 17.4 Å². The van der Waals surface area contributed by atoms with E-state index in [2.05, 4.69) is 20.2 Å². The lowest BCUT2D eigenvalue weighted by atomic mass is 10.1. The minimum absolute atomic E-state index is 0.152. The van der Waals surface area contributed by atoms with Gasteiger partial charge in [-0.1, -0.05) is 6.07 Å². The second-order valence-corrected chi connectivity index (χ2v) is 8.27. The van der Waals surface area contributed by atoms with E-state index in [0.717, 1.165) is 37.3 Å². The van der Waals surface area contributed by atoms with Gasteiger partial charge < -0.3 is 10.2 Å². The average molecular weight is 419 g/mol. The first-order valence-corrected chi connectivity index (χ1v) is 10.9. The van der Waals surface area contributed by atoms with E-state index in [1.54, 1.807) is 6.07 Å². The number of nitrogens with zero attached hydrogens (tertiary/aromatic N) is 3. The molecule has 0 spiro atoms. The lowest BCUT2D eigenvalue weighted by molar-refractivity contribution is 0.102.